The molecule has 0 saturated heterocycles. The van der Waals surface area contributed by atoms with Crippen LogP contribution in [0.4, 0.5) is 34.1 Å². The lowest BCUT2D eigenvalue weighted by atomic mass is 9.75. The van der Waals surface area contributed by atoms with E-state index >= 15 is 0 Å². The first kappa shape index (κ1) is 33.7. The van der Waals surface area contributed by atoms with Crippen molar-refractivity contribution in [3.8, 4) is 11.1 Å². The van der Waals surface area contributed by atoms with E-state index in [9.17, 15) is 0 Å². The molecule has 0 unspecified atom stereocenters. The molecule has 1 aliphatic rings. The topological polar surface area (TPSA) is 6.48 Å². The summed E-state index contributed by atoms with van der Waals surface area (Å²) in [6.45, 7) is 4.60. The Hall–Kier alpha value is -6.90. The van der Waals surface area contributed by atoms with Crippen LogP contribution in [-0.4, -0.2) is 0 Å². The first-order valence-corrected chi connectivity index (χ1v) is 19.6. The third-order valence-electron chi connectivity index (χ3n) is 11.7. The highest BCUT2D eigenvalue weighted by molar-refractivity contribution is 6.01. The SMILES string of the molecule is Cc1ccc(CC2(C)c3ccc(N(c4ccccc4)c4cccc5ccccc45)cc3-c3cc(N(c4ccccc4)c4cccc5ccccc45)ccc32)cc1. The molecule has 0 N–H and O–H groups in total. The van der Waals surface area contributed by atoms with Gasteiger partial charge in [0.2, 0.25) is 0 Å². The van der Waals surface area contributed by atoms with Gasteiger partial charge < -0.3 is 9.80 Å². The Morgan fingerprint density at radius 3 is 1.30 bits per heavy atom. The number of hydrogen-bond acceptors (Lipinski definition) is 2. The van der Waals surface area contributed by atoms with Crippen LogP contribution in [0.25, 0.3) is 32.7 Å². The molecule has 0 fully saturated rings. The van der Waals surface area contributed by atoms with Crippen LogP contribution in [0.15, 0.2) is 206 Å². The average Bonchev–Trinajstić information content (AvgIpc) is 3.49. The lowest BCUT2D eigenvalue weighted by Gasteiger charge is -2.30. The van der Waals surface area contributed by atoms with Gasteiger partial charge in [0.1, 0.15) is 0 Å². The smallest absolute Gasteiger partial charge is 0.0540 e. The van der Waals surface area contributed by atoms with Crippen molar-refractivity contribution in [3.05, 3.63) is 229 Å². The molecule has 2 heteroatoms. The monoisotopic (exact) mass is 718 g/mol. The quantitative estimate of drug-likeness (QED) is 0.154. The molecule has 0 radical (unpaired) electrons. The van der Waals surface area contributed by atoms with Crippen LogP contribution in [-0.2, 0) is 11.8 Å². The fourth-order valence-corrected chi connectivity index (χ4v) is 9.02. The van der Waals surface area contributed by atoms with Crippen molar-refractivity contribution < 1.29 is 0 Å². The van der Waals surface area contributed by atoms with Crippen LogP contribution in [0.1, 0.15) is 29.2 Å². The molecule has 0 heterocycles. The summed E-state index contributed by atoms with van der Waals surface area (Å²) >= 11 is 0. The average molecular weight is 719 g/mol. The molecule has 10 rings (SSSR count). The maximum absolute atomic E-state index is 2.44. The summed E-state index contributed by atoms with van der Waals surface area (Å²) in [4.78, 5) is 4.85. The Morgan fingerprint density at radius 1 is 0.393 bits per heavy atom. The largest absolute Gasteiger partial charge is 0.310 e. The van der Waals surface area contributed by atoms with Crippen molar-refractivity contribution in [2.24, 2.45) is 0 Å². The Morgan fingerprint density at radius 2 is 0.821 bits per heavy atom. The van der Waals surface area contributed by atoms with Gasteiger partial charge in [-0.2, -0.15) is 0 Å². The summed E-state index contributed by atoms with van der Waals surface area (Å²) in [7, 11) is 0. The minimum absolute atomic E-state index is 0.231. The van der Waals surface area contributed by atoms with E-state index in [4.69, 9.17) is 0 Å². The second-order valence-corrected chi connectivity index (χ2v) is 15.3. The highest BCUT2D eigenvalue weighted by Crippen LogP contribution is 2.54. The van der Waals surface area contributed by atoms with Crippen molar-refractivity contribution in [2.45, 2.75) is 25.7 Å². The maximum atomic E-state index is 2.44. The molecule has 1 aliphatic carbocycles. The molecule has 0 amide bonds. The number of rotatable bonds is 8. The van der Waals surface area contributed by atoms with Gasteiger partial charge in [0.25, 0.3) is 0 Å². The van der Waals surface area contributed by atoms with Crippen molar-refractivity contribution >= 4 is 55.7 Å². The van der Waals surface area contributed by atoms with E-state index in [1.807, 2.05) is 0 Å². The van der Waals surface area contributed by atoms with E-state index in [1.54, 1.807) is 0 Å². The second-order valence-electron chi connectivity index (χ2n) is 15.3. The molecule has 0 atom stereocenters. The summed E-state index contributed by atoms with van der Waals surface area (Å²) in [5.41, 5.74) is 14.5. The predicted molar refractivity (Wildman–Crippen MR) is 238 cm³/mol. The fourth-order valence-electron chi connectivity index (χ4n) is 9.02. The summed E-state index contributed by atoms with van der Waals surface area (Å²) in [6.07, 6.45) is 0.906. The van der Waals surface area contributed by atoms with E-state index in [-0.39, 0.29) is 5.41 Å². The van der Waals surface area contributed by atoms with E-state index in [2.05, 4.69) is 230 Å². The highest BCUT2D eigenvalue weighted by Gasteiger charge is 2.40. The van der Waals surface area contributed by atoms with Gasteiger partial charge in [-0.3, -0.25) is 0 Å². The van der Waals surface area contributed by atoms with Gasteiger partial charge in [-0.15, -0.1) is 0 Å². The lowest BCUT2D eigenvalue weighted by molar-refractivity contribution is 0.583. The van der Waals surface area contributed by atoms with Crippen molar-refractivity contribution in [1.82, 2.24) is 0 Å². The van der Waals surface area contributed by atoms with Crippen molar-refractivity contribution in [2.75, 3.05) is 9.80 Å². The molecule has 0 aromatic heterocycles. The third kappa shape index (κ3) is 5.74. The first-order valence-electron chi connectivity index (χ1n) is 19.6. The van der Waals surface area contributed by atoms with Crippen molar-refractivity contribution in [3.63, 3.8) is 0 Å². The highest BCUT2D eigenvalue weighted by atomic mass is 15.1. The Balaban J connectivity index is 1.20. The summed E-state index contributed by atoms with van der Waals surface area (Å²) in [5.74, 6) is 0. The van der Waals surface area contributed by atoms with Crippen LogP contribution in [0, 0.1) is 6.92 Å². The number of nitrogens with zero attached hydrogens (tertiary/aromatic N) is 2. The van der Waals surface area contributed by atoms with Gasteiger partial charge in [-0.25, -0.2) is 0 Å². The standard InChI is InChI=1S/C54H42N2/c1-38-27-29-39(30-28-38)37-54(2)50-33-31-44(55(42-19-5-3-6-20-42)52-25-13-17-40-15-9-11-23-46(40)52)35-48(50)49-36-45(32-34-51(49)54)56(43-21-7-4-8-22-43)53-26-14-18-41-16-10-12-24-47(41)53/h3-36H,37H2,1-2H3. The summed E-state index contributed by atoms with van der Waals surface area (Å²) in [6, 6.07) is 75.6. The summed E-state index contributed by atoms with van der Waals surface area (Å²) in [5, 5.41) is 4.89. The molecule has 0 bridgehead atoms. The van der Waals surface area contributed by atoms with Gasteiger partial charge in [0.05, 0.1) is 11.4 Å². The molecular weight excluding hydrogens is 677 g/mol. The summed E-state index contributed by atoms with van der Waals surface area (Å²) < 4.78 is 0. The van der Waals surface area contributed by atoms with Crippen LogP contribution in [0.3, 0.4) is 0 Å². The lowest BCUT2D eigenvalue weighted by Crippen LogP contribution is -2.24. The number of benzene rings is 9. The predicted octanol–water partition coefficient (Wildman–Crippen LogP) is 14.8. The zero-order valence-electron chi connectivity index (χ0n) is 31.7. The number of anilines is 6. The van der Waals surface area contributed by atoms with Crippen LogP contribution < -0.4 is 9.80 Å². The minimum Gasteiger partial charge on any atom is -0.310 e. The van der Waals surface area contributed by atoms with E-state index in [1.165, 1.54) is 54.9 Å². The van der Waals surface area contributed by atoms with Crippen LogP contribution in [0.2, 0.25) is 0 Å². The van der Waals surface area contributed by atoms with Crippen LogP contribution >= 0.6 is 0 Å². The fraction of sp³-hybridized carbons (Fsp3) is 0.0741. The molecule has 9 aromatic carbocycles. The number of para-hydroxylation sites is 2. The van der Waals surface area contributed by atoms with E-state index < -0.39 is 0 Å². The van der Waals surface area contributed by atoms with Gasteiger partial charge in [0, 0.05) is 38.9 Å². The number of hydrogen-bond donors (Lipinski definition) is 0. The minimum atomic E-state index is -0.231. The Labute approximate surface area is 329 Å². The maximum Gasteiger partial charge on any atom is 0.0540 e. The van der Waals surface area contributed by atoms with E-state index in [0.717, 1.165) is 40.5 Å². The van der Waals surface area contributed by atoms with E-state index in [0.29, 0.717) is 0 Å². The molecule has 2 nitrogen and oxygen atoms in total. The van der Waals surface area contributed by atoms with Gasteiger partial charge in [-0.05, 0) is 113 Å². The molecule has 56 heavy (non-hydrogen) atoms. The first-order chi connectivity index (χ1) is 27.5. The van der Waals surface area contributed by atoms with Gasteiger partial charge in [0.15, 0.2) is 0 Å². The molecule has 9 aromatic rings. The van der Waals surface area contributed by atoms with Gasteiger partial charge in [-0.1, -0.05) is 158 Å². The van der Waals surface area contributed by atoms with Crippen molar-refractivity contribution in [1.29, 1.82) is 0 Å². The number of fused-ring (bicyclic) bond motifs is 5. The molecule has 0 aliphatic heterocycles. The Kier molecular flexibility index (Phi) is 8.26. The molecule has 268 valence electrons. The zero-order valence-corrected chi connectivity index (χ0v) is 31.7. The van der Waals surface area contributed by atoms with Crippen LogP contribution in [0.5, 0.6) is 0 Å². The normalized spacial score (nSPS) is 12.7. The molecule has 0 spiro atoms. The second kappa shape index (κ2) is 13.7. The molecular formula is C54H42N2. The number of aryl methyl sites for hydroxylation is 1. The zero-order chi connectivity index (χ0) is 37.6. The third-order valence-corrected chi connectivity index (χ3v) is 11.7. The molecule has 0 saturated carbocycles. The van der Waals surface area contributed by atoms with Gasteiger partial charge >= 0.3 is 0 Å². The Bertz CT molecular complexity index is 2680.